The van der Waals surface area contributed by atoms with Crippen molar-refractivity contribution in [3.63, 3.8) is 0 Å². The van der Waals surface area contributed by atoms with E-state index in [0.29, 0.717) is 38.2 Å². The average Bonchev–Trinajstić information content (AvgIpc) is 3.26. The van der Waals surface area contributed by atoms with Gasteiger partial charge in [0.05, 0.1) is 18.6 Å². The second-order valence-corrected chi connectivity index (χ2v) is 9.34. The van der Waals surface area contributed by atoms with Gasteiger partial charge in [0.25, 0.3) is 0 Å². The van der Waals surface area contributed by atoms with Gasteiger partial charge in [-0.25, -0.2) is 8.42 Å². The Morgan fingerprint density at radius 1 is 1.29 bits per heavy atom. The van der Waals surface area contributed by atoms with E-state index in [2.05, 4.69) is 10.3 Å². The number of anilines is 1. The molecule has 3 heterocycles. The number of pyridine rings is 1. The fourth-order valence-corrected chi connectivity index (χ4v) is 5.05. The van der Waals surface area contributed by atoms with Crippen LogP contribution in [0.2, 0.25) is 0 Å². The van der Waals surface area contributed by atoms with Crippen LogP contribution in [0.1, 0.15) is 17.7 Å². The van der Waals surface area contributed by atoms with E-state index >= 15 is 0 Å². The van der Waals surface area contributed by atoms with E-state index in [-0.39, 0.29) is 5.91 Å². The van der Waals surface area contributed by atoms with E-state index in [1.54, 1.807) is 6.20 Å². The van der Waals surface area contributed by atoms with Crippen molar-refractivity contribution in [1.29, 1.82) is 0 Å². The molecule has 1 amide bonds. The minimum Gasteiger partial charge on any atom is -0.367 e. The molecule has 1 spiro atoms. The molecule has 1 N–H and O–H groups in total. The molecule has 1 fully saturated rings. The summed E-state index contributed by atoms with van der Waals surface area (Å²) < 4.78 is 31.7. The fraction of sp³-hybridized carbons (Fsp3) is 0.400. The number of para-hydroxylation sites is 1. The molecule has 1 aromatic carbocycles. The molecule has 8 heteroatoms. The van der Waals surface area contributed by atoms with Crippen molar-refractivity contribution in [2.45, 2.75) is 24.4 Å². The van der Waals surface area contributed by atoms with Crippen molar-refractivity contribution in [1.82, 2.24) is 10.3 Å². The first-order valence-corrected chi connectivity index (χ1v) is 11.1. The van der Waals surface area contributed by atoms with Crippen LogP contribution in [0.5, 0.6) is 0 Å². The molecule has 0 unspecified atom stereocenters. The van der Waals surface area contributed by atoms with Gasteiger partial charge in [-0.1, -0.05) is 24.3 Å². The summed E-state index contributed by atoms with van der Waals surface area (Å²) >= 11 is 0. The molecule has 2 aliphatic heterocycles. The zero-order chi connectivity index (χ0) is 19.8. The van der Waals surface area contributed by atoms with E-state index in [0.717, 1.165) is 11.3 Å². The first-order valence-electron chi connectivity index (χ1n) is 9.26. The lowest BCUT2D eigenvalue weighted by Crippen LogP contribution is -2.39. The number of ether oxygens (including phenoxy) is 1. The van der Waals surface area contributed by atoms with Crippen LogP contribution in [-0.2, 0) is 31.4 Å². The predicted molar refractivity (Wildman–Crippen MR) is 106 cm³/mol. The number of fused-ring (bicyclic) bond motifs is 2. The first kappa shape index (κ1) is 18.9. The van der Waals surface area contributed by atoms with Crippen LogP contribution in [0, 0.1) is 0 Å². The first-order chi connectivity index (χ1) is 13.4. The number of carbonyl (C=O) groups is 1. The summed E-state index contributed by atoms with van der Waals surface area (Å²) in [6.45, 7) is 1.12. The van der Waals surface area contributed by atoms with Crippen LogP contribution >= 0.6 is 0 Å². The molecule has 0 bridgehead atoms. The number of aromatic nitrogens is 1. The SMILES string of the molecule is CS(=O)(=O)N1C[C@]2(CO[C@H](C(=O)NCCc3ccccn3)C2)c2ccccc21. The number of nitrogens with one attached hydrogen (secondary N) is 1. The lowest BCUT2D eigenvalue weighted by molar-refractivity contribution is -0.129. The minimum absolute atomic E-state index is 0.164. The Hall–Kier alpha value is -2.45. The van der Waals surface area contributed by atoms with Crippen LogP contribution in [0.3, 0.4) is 0 Å². The summed E-state index contributed by atoms with van der Waals surface area (Å²) in [5.74, 6) is -0.164. The molecule has 2 aliphatic rings. The number of amides is 1. The molecular formula is C20H23N3O4S. The van der Waals surface area contributed by atoms with Crippen molar-refractivity contribution >= 4 is 21.6 Å². The zero-order valence-corrected chi connectivity index (χ0v) is 16.5. The molecule has 0 saturated carbocycles. The summed E-state index contributed by atoms with van der Waals surface area (Å²) in [5.41, 5.74) is 2.05. The van der Waals surface area contributed by atoms with Gasteiger partial charge in [0.15, 0.2) is 0 Å². The summed E-state index contributed by atoms with van der Waals surface area (Å²) in [4.78, 5) is 16.8. The molecule has 28 heavy (non-hydrogen) atoms. The Labute approximate surface area is 164 Å². The number of hydrogen-bond acceptors (Lipinski definition) is 5. The number of nitrogens with zero attached hydrogens (tertiary/aromatic N) is 2. The third-order valence-corrected chi connectivity index (χ3v) is 6.55. The number of rotatable bonds is 5. The summed E-state index contributed by atoms with van der Waals surface area (Å²) in [6, 6.07) is 13.2. The van der Waals surface area contributed by atoms with Gasteiger partial charge in [-0.15, -0.1) is 0 Å². The van der Waals surface area contributed by atoms with Crippen LogP contribution in [0.15, 0.2) is 48.7 Å². The Balaban J connectivity index is 1.44. The number of benzene rings is 1. The zero-order valence-electron chi connectivity index (χ0n) is 15.7. The smallest absolute Gasteiger partial charge is 0.249 e. The van der Waals surface area contributed by atoms with Crippen molar-refractivity contribution in [2.75, 3.05) is 30.3 Å². The van der Waals surface area contributed by atoms with Crippen LogP contribution in [0.4, 0.5) is 5.69 Å². The lowest BCUT2D eigenvalue weighted by Gasteiger charge is -2.23. The van der Waals surface area contributed by atoms with Gasteiger partial charge in [-0.3, -0.25) is 14.1 Å². The second kappa shape index (κ2) is 7.18. The van der Waals surface area contributed by atoms with E-state index in [4.69, 9.17) is 4.74 Å². The quantitative estimate of drug-likeness (QED) is 0.815. The van der Waals surface area contributed by atoms with Gasteiger partial charge in [0.1, 0.15) is 6.10 Å². The topological polar surface area (TPSA) is 88.6 Å². The predicted octanol–water partition coefficient (Wildman–Crippen LogP) is 1.25. The maximum Gasteiger partial charge on any atom is 0.249 e. The standard InChI is InChI=1S/C20H23N3O4S/c1-28(25,26)23-13-20(16-7-2-3-8-17(16)23)12-18(27-14-20)19(24)22-11-9-15-6-4-5-10-21-15/h2-8,10,18H,9,11-14H2,1H3,(H,22,24)/t18-,20+/m0/s1. The Kier molecular flexibility index (Phi) is 4.84. The third-order valence-electron chi connectivity index (χ3n) is 5.43. The molecule has 1 saturated heterocycles. The van der Waals surface area contributed by atoms with Crippen LogP contribution in [-0.4, -0.2) is 51.4 Å². The molecule has 2 aromatic rings. The maximum absolute atomic E-state index is 12.6. The number of carbonyl (C=O) groups excluding carboxylic acids is 1. The van der Waals surface area contributed by atoms with E-state index < -0.39 is 21.5 Å². The Morgan fingerprint density at radius 3 is 2.82 bits per heavy atom. The largest absolute Gasteiger partial charge is 0.367 e. The highest BCUT2D eigenvalue weighted by molar-refractivity contribution is 7.92. The highest BCUT2D eigenvalue weighted by Crippen LogP contribution is 2.48. The monoisotopic (exact) mass is 401 g/mol. The van der Waals surface area contributed by atoms with E-state index in [1.807, 2.05) is 42.5 Å². The van der Waals surface area contributed by atoms with Crippen LogP contribution < -0.4 is 9.62 Å². The van der Waals surface area contributed by atoms with Gasteiger partial charge in [0.2, 0.25) is 15.9 Å². The number of sulfonamides is 1. The molecular weight excluding hydrogens is 378 g/mol. The molecule has 0 radical (unpaired) electrons. The van der Waals surface area contributed by atoms with Gasteiger partial charge < -0.3 is 10.1 Å². The average molecular weight is 401 g/mol. The molecule has 148 valence electrons. The number of hydrogen-bond donors (Lipinski definition) is 1. The second-order valence-electron chi connectivity index (χ2n) is 7.43. The molecule has 2 atom stereocenters. The van der Waals surface area contributed by atoms with Gasteiger partial charge in [-0.05, 0) is 30.2 Å². The molecule has 1 aromatic heterocycles. The van der Waals surface area contributed by atoms with E-state index in [9.17, 15) is 13.2 Å². The fourth-order valence-electron chi connectivity index (χ4n) is 4.05. The van der Waals surface area contributed by atoms with Gasteiger partial charge >= 0.3 is 0 Å². The van der Waals surface area contributed by atoms with E-state index in [1.165, 1.54) is 10.6 Å². The molecule has 7 nitrogen and oxygen atoms in total. The summed E-state index contributed by atoms with van der Waals surface area (Å²) in [6.07, 6.45) is 3.46. The minimum atomic E-state index is -3.39. The maximum atomic E-state index is 12.6. The van der Waals surface area contributed by atoms with Gasteiger partial charge in [-0.2, -0.15) is 0 Å². The highest BCUT2D eigenvalue weighted by atomic mass is 32.2. The van der Waals surface area contributed by atoms with Crippen molar-refractivity contribution in [3.05, 3.63) is 59.9 Å². The normalized spacial score (nSPS) is 23.8. The third kappa shape index (κ3) is 3.49. The van der Waals surface area contributed by atoms with Crippen LogP contribution in [0.25, 0.3) is 0 Å². The summed E-state index contributed by atoms with van der Waals surface area (Å²) in [5, 5.41) is 2.91. The van der Waals surface area contributed by atoms with Crippen molar-refractivity contribution in [2.24, 2.45) is 0 Å². The summed E-state index contributed by atoms with van der Waals surface area (Å²) in [7, 11) is -3.39. The van der Waals surface area contributed by atoms with Crippen molar-refractivity contribution in [3.8, 4) is 0 Å². The van der Waals surface area contributed by atoms with Crippen molar-refractivity contribution < 1.29 is 17.9 Å². The van der Waals surface area contributed by atoms with Gasteiger partial charge in [0, 0.05) is 36.8 Å². The Bertz CT molecular complexity index is 980. The molecule has 4 rings (SSSR count). The highest BCUT2D eigenvalue weighted by Gasteiger charge is 2.52. The Morgan fingerprint density at radius 2 is 2.07 bits per heavy atom. The molecule has 0 aliphatic carbocycles. The lowest BCUT2D eigenvalue weighted by atomic mass is 9.80.